The molecule has 18 heavy (non-hydrogen) atoms. The van der Waals surface area contributed by atoms with Crippen LogP contribution in [0.3, 0.4) is 0 Å². The van der Waals surface area contributed by atoms with E-state index in [2.05, 4.69) is 37.2 Å². The molecule has 2 rings (SSSR count). The predicted molar refractivity (Wildman–Crippen MR) is 76.0 cm³/mol. The van der Waals surface area contributed by atoms with E-state index in [0.717, 1.165) is 26.7 Å². The monoisotopic (exact) mass is 375 g/mol. The number of furan rings is 1. The Kier molecular flexibility index (Phi) is 4.59. The Labute approximate surface area is 122 Å². The number of hydrogen-bond donors (Lipinski definition) is 1. The van der Waals surface area contributed by atoms with Gasteiger partial charge in [-0.15, -0.1) is 0 Å². The summed E-state index contributed by atoms with van der Waals surface area (Å²) in [6, 6.07) is 6.77. The first-order valence-electron chi connectivity index (χ1n) is 5.46. The maximum absolute atomic E-state index is 13.0. The zero-order chi connectivity index (χ0) is 13.1. The van der Waals surface area contributed by atoms with Gasteiger partial charge in [-0.3, -0.25) is 0 Å². The lowest BCUT2D eigenvalue weighted by atomic mass is 10.0. The van der Waals surface area contributed by atoms with Gasteiger partial charge >= 0.3 is 0 Å². The molecule has 0 aliphatic carbocycles. The summed E-state index contributed by atoms with van der Waals surface area (Å²) in [5.74, 6) is -0.240. The second-order valence-corrected chi connectivity index (χ2v) is 5.51. The van der Waals surface area contributed by atoms with Gasteiger partial charge in [0.15, 0.2) is 4.67 Å². The molecule has 1 atom stereocenters. The van der Waals surface area contributed by atoms with Crippen LogP contribution in [-0.4, -0.2) is 7.05 Å². The van der Waals surface area contributed by atoms with Crippen molar-refractivity contribution in [1.82, 2.24) is 5.32 Å². The molecule has 0 radical (unpaired) electrons. The van der Waals surface area contributed by atoms with E-state index >= 15 is 0 Å². The maximum atomic E-state index is 13.0. The molecular formula is C13H12Br2FNO. The third-order valence-corrected chi connectivity index (χ3v) is 4.19. The summed E-state index contributed by atoms with van der Waals surface area (Å²) >= 11 is 6.76. The minimum absolute atomic E-state index is 0.111. The van der Waals surface area contributed by atoms with Crippen LogP contribution in [0.5, 0.6) is 0 Å². The Bertz CT molecular complexity index is 542. The van der Waals surface area contributed by atoms with Crippen LogP contribution >= 0.6 is 31.9 Å². The fraction of sp³-hybridized carbons (Fsp3) is 0.231. The minimum Gasteiger partial charge on any atom is -0.457 e. The van der Waals surface area contributed by atoms with E-state index in [4.69, 9.17) is 4.42 Å². The SMILES string of the molecule is CNC(Cc1ccc(F)cc1Br)c1ccoc1Br. The van der Waals surface area contributed by atoms with Crippen molar-refractivity contribution in [2.24, 2.45) is 0 Å². The van der Waals surface area contributed by atoms with Gasteiger partial charge in [0.2, 0.25) is 0 Å². The van der Waals surface area contributed by atoms with Crippen LogP contribution < -0.4 is 5.32 Å². The van der Waals surface area contributed by atoms with Gasteiger partial charge in [-0.05, 0) is 53.2 Å². The van der Waals surface area contributed by atoms with Crippen molar-refractivity contribution in [3.8, 4) is 0 Å². The molecule has 0 fully saturated rings. The number of nitrogens with one attached hydrogen (secondary N) is 1. The highest BCUT2D eigenvalue weighted by Gasteiger charge is 2.16. The molecule has 1 N–H and O–H groups in total. The molecule has 5 heteroatoms. The van der Waals surface area contributed by atoms with Gasteiger partial charge in [-0.2, -0.15) is 0 Å². The number of rotatable bonds is 4. The van der Waals surface area contributed by atoms with E-state index in [0.29, 0.717) is 0 Å². The van der Waals surface area contributed by atoms with Crippen LogP contribution in [0, 0.1) is 5.82 Å². The second kappa shape index (κ2) is 5.99. The van der Waals surface area contributed by atoms with Crippen LogP contribution in [0.1, 0.15) is 17.2 Å². The van der Waals surface area contributed by atoms with Gasteiger partial charge in [0.1, 0.15) is 5.82 Å². The molecule has 2 aromatic rings. The lowest BCUT2D eigenvalue weighted by Gasteiger charge is -2.16. The molecule has 0 saturated carbocycles. The summed E-state index contributed by atoms with van der Waals surface area (Å²) < 4.78 is 19.8. The van der Waals surface area contributed by atoms with Crippen molar-refractivity contribution in [3.63, 3.8) is 0 Å². The molecule has 0 bridgehead atoms. The van der Waals surface area contributed by atoms with Crippen molar-refractivity contribution in [2.45, 2.75) is 12.5 Å². The third-order valence-electron chi connectivity index (χ3n) is 2.81. The number of halogens is 3. The van der Waals surface area contributed by atoms with E-state index in [1.165, 1.54) is 12.1 Å². The quantitative estimate of drug-likeness (QED) is 0.852. The lowest BCUT2D eigenvalue weighted by molar-refractivity contribution is 0.517. The summed E-state index contributed by atoms with van der Waals surface area (Å²) in [6.07, 6.45) is 2.39. The van der Waals surface area contributed by atoms with Crippen molar-refractivity contribution in [3.05, 3.63) is 56.6 Å². The minimum atomic E-state index is -0.240. The average Bonchev–Trinajstić information content (AvgIpc) is 2.75. The number of likely N-dealkylation sites (N-methyl/N-ethyl adjacent to an activating group) is 1. The van der Waals surface area contributed by atoms with Crippen molar-refractivity contribution < 1.29 is 8.81 Å². The molecule has 0 amide bonds. The molecule has 1 heterocycles. The largest absolute Gasteiger partial charge is 0.457 e. The van der Waals surface area contributed by atoms with E-state index < -0.39 is 0 Å². The van der Waals surface area contributed by atoms with Crippen LogP contribution in [0.25, 0.3) is 0 Å². The zero-order valence-electron chi connectivity index (χ0n) is 9.71. The van der Waals surface area contributed by atoms with Crippen LogP contribution in [-0.2, 0) is 6.42 Å². The zero-order valence-corrected chi connectivity index (χ0v) is 12.9. The van der Waals surface area contributed by atoms with Crippen LogP contribution in [0.4, 0.5) is 4.39 Å². The summed E-state index contributed by atoms with van der Waals surface area (Å²) in [6.45, 7) is 0. The van der Waals surface area contributed by atoms with E-state index in [1.807, 2.05) is 13.1 Å². The highest BCUT2D eigenvalue weighted by atomic mass is 79.9. The fourth-order valence-corrected chi connectivity index (χ4v) is 2.86. The fourth-order valence-electron chi connectivity index (χ4n) is 1.83. The first kappa shape index (κ1) is 13.8. The van der Waals surface area contributed by atoms with Crippen molar-refractivity contribution in [1.29, 1.82) is 0 Å². The number of hydrogen-bond acceptors (Lipinski definition) is 2. The number of benzene rings is 1. The molecule has 2 nitrogen and oxygen atoms in total. The summed E-state index contributed by atoms with van der Waals surface area (Å²) in [5, 5.41) is 3.23. The van der Waals surface area contributed by atoms with Gasteiger partial charge in [0.25, 0.3) is 0 Å². The smallest absolute Gasteiger partial charge is 0.173 e. The molecule has 0 saturated heterocycles. The summed E-state index contributed by atoms with van der Waals surface area (Å²) in [5.41, 5.74) is 2.09. The first-order valence-corrected chi connectivity index (χ1v) is 7.04. The average molecular weight is 377 g/mol. The van der Waals surface area contributed by atoms with E-state index in [-0.39, 0.29) is 11.9 Å². The van der Waals surface area contributed by atoms with Gasteiger partial charge < -0.3 is 9.73 Å². The first-order chi connectivity index (χ1) is 8.61. The highest BCUT2D eigenvalue weighted by Crippen LogP contribution is 2.29. The van der Waals surface area contributed by atoms with Gasteiger partial charge in [-0.1, -0.05) is 22.0 Å². The van der Waals surface area contributed by atoms with Gasteiger partial charge in [0.05, 0.1) is 6.26 Å². The standard InChI is InChI=1S/C13H12Br2FNO/c1-17-12(10-4-5-18-13(10)15)6-8-2-3-9(16)7-11(8)14/h2-5,7,12,17H,6H2,1H3. The molecule has 0 aliphatic rings. The van der Waals surface area contributed by atoms with Gasteiger partial charge in [0, 0.05) is 16.1 Å². The summed E-state index contributed by atoms with van der Waals surface area (Å²) in [4.78, 5) is 0. The molecule has 1 aromatic carbocycles. The molecule has 0 spiro atoms. The van der Waals surface area contributed by atoms with Crippen molar-refractivity contribution >= 4 is 31.9 Å². The van der Waals surface area contributed by atoms with E-state index in [1.54, 1.807) is 12.3 Å². The molecular weight excluding hydrogens is 365 g/mol. The van der Waals surface area contributed by atoms with E-state index in [9.17, 15) is 4.39 Å². The molecule has 0 aliphatic heterocycles. The van der Waals surface area contributed by atoms with Crippen LogP contribution in [0.15, 0.2) is 44.1 Å². The van der Waals surface area contributed by atoms with Crippen LogP contribution in [0.2, 0.25) is 0 Å². The predicted octanol–water partition coefficient (Wildman–Crippen LogP) is 4.45. The normalized spacial score (nSPS) is 12.7. The highest BCUT2D eigenvalue weighted by molar-refractivity contribution is 9.10. The van der Waals surface area contributed by atoms with Gasteiger partial charge in [-0.25, -0.2) is 4.39 Å². The summed E-state index contributed by atoms with van der Waals surface area (Å²) in [7, 11) is 1.89. The Morgan fingerprint density at radius 1 is 1.33 bits per heavy atom. The topological polar surface area (TPSA) is 25.2 Å². The molecule has 1 aromatic heterocycles. The second-order valence-electron chi connectivity index (χ2n) is 3.93. The lowest BCUT2D eigenvalue weighted by Crippen LogP contribution is -2.18. The maximum Gasteiger partial charge on any atom is 0.173 e. The Hall–Kier alpha value is -0.650. The molecule has 1 unspecified atom stereocenters. The Morgan fingerprint density at radius 3 is 2.67 bits per heavy atom. The third kappa shape index (κ3) is 3.02. The Balaban J connectivity index is 2.23. The molecule has 96 valence electrons. The van der Waals surface area contributed by atoms with Crippen molar-refractivity contribution in [2.75, 3.05) is 7.05 Å². The Morgan fingerprint density at radius 2 is 2.11 bits per heavy atom.